The van der Waals surface area contributed by atoms with Gasteiger partial charge in [-0.1, -0.05) is 33.6 Å². The number of piperidine rings is 1. The Bertz CT molecular complexity index is 266. The molecule has 0 aromatic rings. The molecule has 6 unspecified atom stereocenters. The quantitative estimate of drug-likeness (QED) is 0.812. The molecule has 2 heteroatoms. The first-order valence-corrected chi connectivity index (χ1v) is 7.95. The van der Waals surface area contributed by atoms with Gasteiger partial charge in [0.15, 0.2) is 0 Å². The van der Waals surface area contributed by atoms with Crippen molar-refractivity contribution in [2.75, 3.05) is 13.6 Å². The highest BCUT2D eigenvalue weighted by molar-refractivity contribution is 4.91. The van der Waals surface area contributed by atoms with Crippen LogP contribution in [0.15, 0.2) is 0 Å². The van der Waals surface area contributed by atoms with Crippen LogP contribution < -0.4 is 5.32 Å². The molecule has 2 nitrogen and oxygen atoms in total. The Labute approximate surface area is 114 Å². The normalized spacial score (nSPS) is 47.2. The van der Waals surface area contributed by atoms with E-state index in [0.29, 0.717) is 0 Å². The Morgan fingerprint density at radius 1 is 0.944 bits per heavy atom. The molecule has 0 radical (unpaired) electrons. The van der Waals surface area contributed by atoms with Gasteiger partial charge in [-0.25, -0.2) is 0 Å². The van der Waals surface area contributed by atoms with E-state index in [4.69, 9.17) is 0 Å². The summed E-state index contributed by atoms with van der Waals surface area (Å²) >= 11 is 0. The molecule has 0 aromatic heterocycles. The van der Waals surface area contributed by atoms with E-state index in [0.717, 1.165) is 35.9 Å². The molecule has 0 bridgehead atoms. The second-order valence-corrected chi connectivity index (χ2v) is 7.15. The zero-order valence-electron chi connectivity index (χ0n) is 12.9. The van der Waals surface area contributed by atoms with Crippen LogP contribution in [0, 0.1) is 17.8 Å². The molecule has 18 heavy (non-hydrogen) atoms. The molecule has 1 aliphatic carbocycles. The molecule has 6 atom stereocenters. The molecule has 0 spiro atoms. The SMILES string of the molecule is CC1CN(C)C(C)CC1NC1CCCC(C)C1C. The van der Waals surface area contributed by atoms with E-state index in [1.165, 1.54) is 32.2 Å². The van der Waals surface area contributed by atoms with Crippen LogP contribution in [0.2, 0.25) is 0 Å². The van der Waals surface area contributed by atoms with Gasteiger partial charge in [0, 0.05) is 24.7 Å². The van der Waals surface area contributed by atoms with Gasteiger partial charge in [-0.3, -0.25) is 0 Å². The maximum absolute atomic E-state index is 4.01. The molecule has 1 saturated heterocycles. The molecule has 2 rings (SSSR count). The summed E-state index contributed by atoms with van der Waals surface area (Å²) in [7, 11) is 2.27. The highest BCUT2D eigenvalue weighted by Gasteiger charge is 2.33. The standard InChI is InChI=1S/C16H32N2/c1-11-7-6-8-15(14(11)4)17-16-9-13(3)18(5)10-12(16)2/h11-17H,6-10H2,1-5H3. The molecule has 1 heterocycles. The first kappa shape index (κ1) is 14.3. The lowest BCUT2D eigenvalue weighted by molar-refractivity contribution is 0.0962. The fraction of sp³-hybridized carbons (Fsp3) is 1.00. The predicted molar refractivity (Wildman–Crippen MR) is 78.8 cm³/mol. The lowest BCUT2D eigenvalue weighted by Gasteiger charge is -2.44. The molecular weight excluding hydrogens is 220 g/mol. The predicted octanol–water partition coefficient (Wildman–Crippen LogP) is 3.13. The van der Waals surface area contributed by atoms with Crippen LogP contribution >= 0.6 is 0 Å². The van der Waals surface area contributed by atoms with E-state index >= 15 is 0 Å². The van der Waals surface area contributed by atoms with E-state index in [9.17, 15) is 0 Å². The smallest absolute Gasteiger partial charge is 0.0122 e. The molecule has 2 fully saturated rings. The van der Waals surface area contributed by atoms with E-state index in [2.05, 4.69) is 45.0 Å². The maximum Gasteiger partial charge on any atom is 0.0122 e. The number of hydrogen-bond acceptors (Lipinski definition) is 2. The molecular formula is C16H32N2. The second-order valence-electron chi connectivity index (χ2n) is 7.15. The summed E-state index contributed by atoms with van der Waals surface area (Å²) in [6, 6.07) is 2.22. The summed E-state index contributed by atoms with van der Waals surface area (Å²) in [5.74, 6) is 2.53. The molecule has 0 aromatic carbocycles. The van der Waals surface area contributed by atoms with Crippen LogP contribution in [-0.4, -0.2) is 36.6 Å². The first-order chi connectivity index (χ1) is 8.49. The zero-order chi connectivity index (χ0) is 13.3. The molecule has 2 aliphatic rings. The molecule has 1 aliphatic heterocycles. The molecule has 0 amide bonds. The van der Waals surface area contributed by atoms with Gasteiger partial charge in [-0.15, -0.1) is 0 Å². The topological polar surface area (TPSA) is 15.3 Å². The van der Waals surface area contributed by atoms with E-state index in [-0.39, 0.29) is 0 Å². The Balaban J connectivity index is 1.92. The van der Waals surface area contributed by atoms with Crippen LogP contribution in [0.25, 0.3) is 0 Å². The van der Waals surface area contributed by atoms with Crippen LogP contribution in [0.1, 0.15) is 53.4 Å². The number of hydrogen-bond donors (Lipinski definition) is 1. The summed E-state index contributed by atoms with van der Waals surface area (Å²) in [4.78, 5) is 2.51. The van der Waals surface area contributed by atoms with Crippen molar-refractivity contribution < 1.29 is 0 Å². The summed E-state index contributed by atoms with van der Waals surface area (Å²) < 4.78 is 0. The minimum Gasteiger partial charge on any atom is -0.311 e. The van der Waals surface area contributed by atoms with E-state index in [1.54, 1.807) is 0 Å². The van der Waals surface area contributed by atoms with Gasteiger partial charge in [-0.2, -0.15) is 0 Å². The van der Waals surface area contributed by atoms with Crippen LogP contribution in [0.5, 0.6) is 0 Å². The summed E-state index contributed by atoms with van der Waals surface area (Å²) in [6.07, 6.45) is 5.55. The van der Waals surface area contributed by atoms with Crippen LogP contribution in [0.4, 0.5) is 0 Å². The van der Waals surface area contributed by atoms with E-state index in [1.807, 2.05) is 0 Å². The first-order valence-electron chi connectivity index (χ1n) is 7.95. The summed E-state index contributed by atoms with van der Waals surface area (Å²) in [5.41, 5.74) is 0. The average molecular weight is 252 g/mol. The fourth-order valence-corrected chi connectivity index (χ4v) is 3.87. The third-order valence-electron chi connectivity index (χ3n) is 5.75. The van der Waals surface area contributed by atoms with Crippen molar-refractivity contribution >= 4 is 0 Å². The van der Waals surface area contributed by atoms with Crippen molar-refractivity contribution in [1.82, 2.24) is 10.2 Å². The van der Waals surface area contributed by atoms with Gasteiger partial charge in [0.2, 0.25) is 0 Å². The van der Waals surface area contributed by atoms with Crippen molar-refractivity contribution in [2.24, 2.45) is 17.8 Å². The van der Waals surface area contributed by atoms with Crippen LogP contribution in [-0.2, 0) is 0 Å². The minimum absolute atomic E-state index is 0.731. The number of rotatable bonds is 2. The number of likely N-dealkylation sites (tertiary alicyclic amines) is 1. The van der Waals surface area contributed by atoms with E-state index < -0.39 is 0 Å². The molecule has 106 valence electrons. The third-order valence-corrected chi connectivity index (χ3v) is 5.75. The van der Waals surface area contributed by atoms with Gasteiger partial charge < -0.3 is 10.2 Å². The lowest BCUT2D eigenvalue weighted by Crippen LogP contribution is -2.55. The number of nitrogens with zero attached hydrogens (tertiary/aromatic N) is 1. The van der Waals surface area contributed by atoms with Gasteiger partial charge in [-0.05, 0) is 44.6 Å². The highest BCUT2D eigenvalue weighted by atomic mass is 15.2. The van der Waals surface area contributed by atoms with Gasteiger partial charge in [0.1, 0.15) is 0 Å². The average Bonchev–Trinajstić information content (AvgIpc) is 2.32. The maximum atomic E-state index is 4.01. The van der Waals surface area contributed by atoms with Gasteiger partial charge >= 0.3 is 0 Å². The van der Waals surface area contributed by atoms with Crippen molar-refractivity contribution in [3.8, 4) is 0 Å². The number of nitrogens with one attached hydrogen (secondary N) is 1. The lowest BCUT2D eigenvalue weighted by atomic mass is 9.77. The summed E-state index contributed by atoms with van der Waals surface area (Å²) in [5, 5.41) is 4.01. The largest absolute Gasteiger partial charge is 0.311 e. The monoisotopic (exact) mass is 252 g/mol. The summed E-state index contributed by atoms with van der Waals surface area (Å²) in [6.45, 7) is 10.9. The van der Waals surface area contributed by atoms with Crippen molar-refractivity contribution in [3.63, 3.8) is 0 Å². The fourth-order valence-electron chi connectivity index (χ4n) is 3.87. The molecule has 1 saturated carbocycles. The van der Waals surface area contributed by atoms with Crippen molar-refractivity contribution in [1.29, 1.82) is 0 Å². The second kappa shape index (κ2) is 5.92. The Morgan fingerprint density at radius 2 is 1.67 bits per heavy atom. The van der Waals surface area contributed by atoms with Gasteiger partial charge in [0.25, 0.3) is 0 Å². The van der Waals surface area contributed by atoms with Crippen molar-refractivity contribution in [2.45, 2.75) is 71.5 Å². The van der Waals surface area contributed by atoms with Gasteiger partial charge in [0.05, 0.1) is 0 Å². The van der Waals surface area contributed by atoms with Crippen molar-refractivity contribution in [3.05, 3.63) is 0 Å². The Kier molecular flexibility index (Phi) is 4.71. The third kappa shape index (κ3) is 3.08. The Morgan fingerprint density at radius 3 is 2.39 bits per heavy atom. The molecule has 1 N–H and O–H groups in total. The Hall–Kier alpha value is -0.0800. The highest BCUT2D eigenvalue weighted by Crippen LogP contribution is 2.31. The van der Waals surface area contributed by atoms with Crippen LogP contribution in [0.3, 0.4) is 0 Å². The zero-order valence-corrected chi connectivity index (χ0v) is 12.9. The minimum atomic E-state index is 0.731.